The molecule has 1 unspecified atom stereocenters. The summed E-state index contributed by atoms with van der Waals surface area (Å²) in [7, 11) is 0. The zero-order chi connectivity index (χ0) is 6.97. The van der Waals surface area contributed by atoms with Crippen molar-refractivity contribution in [1.29, 1.82) is 0 Å². The Morgan fingerprint density at radius 3 is 2.30 bits per heavy atom. The standard InChI is InChI=1S/C9H8O/c1-7-9(10-7)8-5-3-2-4-6-8/h2-6,9H,1H2. The number of ether oxygens (including phenoxy) is 1. The fourth-order valence-corrected chi connectivity index (χ4v) is 0.999. The van der Waals surface area contributed by atoms with Crippen molar-refractivity contribution < 1.29 is 4.74 Å². The summed E-state index contributed by atoms with van der Waals surface area (Å²) in [5.74, 6) is 0.881. The maximum absolute atomic E-state index is 5.11. The molecule has 0 saturated carbocycles. The van der Waals surface area contributed by atoms with Crippen LogP contribution < -0.4 is 0 Å². The molecule has 0 aromatic heterocycles. The molecule has 2 rings (SSSR count). The van der Waals surface area contributed by atoms with E-state index in [0.29, 0.717) is 0 Å². The summed E-state index contributed by atoms with van der Waals surface area (Å²) >= 11 is 0. The molecule has 1 atom stereocenters. The van der Waals surface area contributed by atoms with Gasteiger partial charge in [-0.15, -0.1) is 0 Å². The molecule has 10 heavy (non-hydrogen) atoms. The summed E-state index contributed by atoms with van der Waals surface area (Å²) < 4.78 is 5.11. The van der Waals surface area contributed by atoms with Crippen molar-refractivity contribution >= 4 is 0 Å². The van der Waals surface area contributed by atoms with Crippen LogP contribution in [0.5, 0.6) is 0 Å². The molecule has 1 aromatic rings. The molecule has 50 valence electrons. The van der Waals surface area contributed by atoms with E-state index < -0.39 is 0 Å². The Labute approximate surface area is 59.9 Å². The average Bonchev–Trinajstić information content (AvgIpc) is 2.69. The SMILES string of the molecule is C=C1OC1c1ccccc1. The van der Waals surface area contributed by atoms with Gasteiger partial charge in [0.1, 0.15) is 5.76 Å². The molecule has 1 heterocycles. The first kappa shape index (κ1) is 5.54. The highest BCUT2D eigenvalue weighted by atomic mass is 16.6. The fourth-order valence-electron chi connectivity index (χ4n) is 0.999. The van der Waals surface area contributed by atoms with Gasteiger partial charge in [-0.1, -0.05) is 36.9 Å². The molecular formula is C9H8O. The van der Waals surface area contributed by atoms with Crippen LogP contribution in [-0.4, -0.2) is 0 Å². The minimum Gasteiger partial charge on any atom is -0.478 e. The van der Waals surface area contributed by atoms with Crippen LogP contribution in [0.1, 0.15) is 11.7 Å². The van der Waals surface area contributed by atoms with Crippen molar-refractivity contribution in [3.8, 4) is 0 Å². The van der Waals surface area contributed by atoms with Crippen molar-refractivity contribution in [2.75, 3.05) is 0 Å². The molecule has 1 aliphatic heterocycles. The topological polar surface area (TPSA) is 12.5 Å². The van der Waals surface area contributed by atoms with Gasteiger partial charge in [-0.3, -0.25) is 0 Å². The van der Waals surface area contributed by atoms with Gasteiger partial charge in [-0.25, -0.2) is 0 Å². The van der Waals surface area contributed by atoms with Crippen molar-refractivity contribution in [1.82, 2.24) is 0 Å². The van der Waals surface area contributed by atoms with E-state index in [-0.39, 0.29) is 6.10 Å². The van der Waals surface area contributed by atoms with Crippen LogP contribution in [-0.2, 0) is 4.74 Å². The van der Waals surface area contributed by atoms with Gasteiger partial charge in [0.05, 0.1) is 0 Å². The first-order valence-corrected chi connectivity index (χ1v) is 3.28. The Morgan fingerprint density at radius 2 is 1.80 bits per heavy atom. The number of epoxide rings is 1. The third-order valence-electron chi connectivity index (χ3n) is 1.61. The first-order chi connectivity index (χ1) is 4.88. The van der Waals surface area contributed by atoms with Crippen LogP contribution in [0, 0.1) is 0 Å². The molecule has 0 aliphatic carbocycles. The fraction of sp³-hybridized carbons (Fsp3) is 0.111. The molecule has 0 spiro atoms. The molecule has 1 aromatic carbocycles. The molecule has 0 radical (unpaired) electrons. The monoisotopic (exact) mass is 132 g/mol. The lowest BCUT2D eigenvalue weighted by molar-refractivity contribution is 0.437. The number of benzene rings is 1. The molecule has 1 fully saturated rings. The maximum Gasteiger partial charge on any atom is 0.180 e. The zero-order valence-electron chi connectivity index (χ0n) is 5.58. The van der Waals surface area contributed by atoms with Crippen LogP contribution in [0.3, 0.4) is 0 Å². The molecule has 1 nitrogen and oxygen atoms in total. The van der Waals surface area contributed by atoms with Gasteiger partial charge >= 0.3 is 0 Å². The molecule has 1 heteroatoms. The summed E-state index contributed by atoms with van der Waals surface area (Å²) in [5, 5.41) is 0. The van der Waals surface area contributed by atoms with Crippen LogP contribution in [0.4, 0.5) is 0 Å². The minimum atomic E-state index is 0.182. The normalized spacial score (nSPS) is 22.0. The van der Waals surface area contributed by atoms with Gasteiger partial charge in [-0.2, -0.15) is 0 Å². The van der Waals surface area contributed by atoms with Crippen molar-refractivity contribution in [2.24, 2.45) is 0 Å². The second kappa shape index (κ2) is 1.87. The summed E-state index contributed by atoms with van der Waals surface area (Å²) in [6, 6.07) is 10.1. The highest BCUT2D eigenvalue weighted by Crippen LogP contribution is 2.40. The Kier molecular flexibility index (Phi) is 1.04. The third-order valence-corrected chi connectivity index (χ3v) is 1.61. The van der Waals surface area contributed by atoms with E-state index in [4.69, 9.17) is 4.74 Å². The minimum absolute atomic E-state index is 0.182. The Hall–Kier alpha value is -1.24. The van der Waals surface area contributed by atoms with Gasteiger partial charge in [-0.05, 0) is 5.56 Å². The van der Waals surface area contributed by atoms with Gasteiger partial charge < -0.3 is 4.74 Å². The van der Waals surface area contributed by atoms with E-state index in [1.54, 1.807) is 0 Å². The molecule has 1 saturated heterocycles. The molecule has 1 aliphatic rings. The van der Waals surface area contributed by atoms with Crippen molar-refractivity contribution in [3.05, 3.63) is 48.2 Å². The lowest BCUT2D eigenvalue weighted by Crippen LogP contribution is -1.75. The quantitative estimate of drug-likeness (QED) is 0.534. The lowest BCUT2D eigenvalue weighted by atomic mass is 10.1. The average molecular weight is 132 g/mol. The maximum atomic E-state index is 5.11. The van der Waals surface area contributed by atoms with Crippen LogP contribution >= 0.6 is 0 Å². The van der Waals surface area contributed by atoms with Crippen molar-refractivity contribution in [3.63, 3.8) is 0 Å². The number of hydrogen-bond acceptors (Lipinski definition) is 1. The van der Waals surface area contributed by atoms with Crippen molar-refractivity contribution in [2.45, 2.75) is 6.10 Å². The van der Waals surface area contributed by atoms with Gasteiger partial charge in [0.25, 0.3) is 0 Å². The molecule has 0 amide bonds. The third kappa shape index (κ3) is 0.798. The molecule has 0 N–H and O–H groups in total. The highest BCUT2D eigenvalue weighted by molar-refractivity contribution is 5.29. The summed E-state index contributed by atoms with van der Waals surface area (Å²) in [4.78, 5) is 0. The number of hydrogen-bond donors (Lipinski definition) is 0. The van der Waals surface area contributed by atoms with E-state index >= 15 is 0 Å². The highest BCUT2D eigenvalue weighted by Gasteiger charge is 2.31. The Bertz CT molecular complexity index is 251. The predicted octanol–water partition coefficient (Wildman–Crippen LogP) is 2.27. The van der Waals surface area contributed by atoms with Gasteiger partial charge in [0, 0.05) is 0 Å². The van der Waals surface area contributed by atoms with E-state index in [0.717, 1.165) is 5.76 Å². The van der Waals surface area contributed by atoms with Crippen LogP contribution in [0.2, 0.25) is 0 Å². The summed E-state index contributed by atoms with van der Waals surface area (Å²) in [6.45, 7) is 3.70. The molecule has 0 bridgehead atoms. The second-order valence-corrected chi connectivity index (χ2v) is 2.37. The number of rotatable bonds is 1. The summed E-state index contributed by atoms with van der Waals surface area (Å²) in [6.07, 6.45) is 0.182. The smallest absolute Gasteiger partial charge is 0.180 e. The largest absolute Gasteiger partial charge is 0.478 e. The first-order valence-electron chi connectivity index (χ1n) is 3.28. The van der Waals surface area contributed by atoms with Gasteiger partial charge in [0.2, 0.25) is 0 Å². The van der Waals surface area contributed by atoms with Crippen LogP contribution in [0.15, 0.2) is 42.7 Å². The zero-order valence-corrected chi connectivity index (χ0v) is 5.58. The summed E-state index contributed by atoms with van der Waals surface area (Å²) in [5.41, 5.74) is 1.20. The van der Waals surface area contributed by atoms with Gasteiger partial charge in [0.15, 0.2) is 6.10 Å². The van der Waals surface area contributed by atoms with Crippen LogP contribution in [0.25, 0.3) is 0 Å². The predicted molar refractivity (Wildman–Crippen MR) is 39.4 cm³/mol. The van der Waals surface area contributed by atoms with E-state index in [9.17, 15) is 0 Å². The van der Waals surface area contributed by atoms with E-state index in [1.807, 2.05) is 30.3 Å². The van der Waals surface area contributed by atoms with E-state index in [1.165, 1.54) is 5.56 Å². The molecular weight excluding hydrogens is 124 g/mol. The lowest BCUT2D eigenvalue weighted by Gasteiger charge is -1.88. The van der Waals surface area contributed by atoms with E-state index in [2.05, 4.69) is 6.58 Å². The second-order valence-electron chi connectivity index (χ2n) is 2.37. The Balaban J connectivity index is 2.28. The Morgan fingerprint density at radius 1 is 1.20 bits per heavy atom.